The topological polar surface area (TPSA) is 99.6 Å². The number of rotatable bonds is 0. The smallest absolute Gasteiger partial charge is 0.697 e. The van der Waals surface area contributed by atoms with Crippen LogP contribution in [0, 0.1) is 0 Å². The fraction of sp³-hybridized carbons (Fsp3) is 0. The van der Waals surface area contributed by atoms with Crippen LogP contribution in [0.1, 0.15) is 0 Å². The average molecular weight is 273 g/mol. The minimum atomic E-state index is 0. The summed E-state index contributed by atoms with van der Waals surface area (Å²) in [6.07, 6.45) is 0. The Hall–Kier alpha value is -1.87. The maximum absolute atomic E-state index is 7.09. The van der Waals surface area contributed by atoms with Gasteiger partial charge in [-0.05, 0) is 12.1 Å². The Morgan fingerprint density at radius 1 is 0.647 bits per heavy atom. The van der Waals surface area contributed by atoms with E-state index in [2.05, 4.69) is 0 Å². The zero-order valence-corrected chi connectivity index (χ0v) is 10.1. The van der Waals surface area contributed by atoms with Gasteiger partial charge in [-0.3, -0.25) is 0 Å². The molecule has 0 aliphatic heterocycles. The fourth-order valence-electron chi connectivity index (χ4n) is 0.994. The summed E-state index contributed by atoms with van der Waals surface area (Å²) < 4.78 is 0. The minimum absolute atomic E-state index is 0. The zero-order valence-electron chi connectivity index (χ0n) is 9.09. The molecule has 0 saturated carbocycles. The third-order valence-corrected chi connectivity index (χ3v) is 1.92. The summed E-state index contributed by atoms with van der Waals surface area (Å²) in [6.45, 7) is 0. The Labute approximate surface area is 111 Å². The fourth-order valence-corrected chi connectivity index (χ4v) is 0.994. The number of nitrogens with two attached hydrogens (primary N) is 2. The van der Waals surface area contributed by atoms with E-state index in [1.807, 2.05) is 12.1 Å². The first-order chi connectivity index (χ1) is 7.61. The third kappa shape index (κ3) is 5.13. The van der Waals surface area contributed by atoms with Crippen molar-refractivity contribution >= 4 is 22.7 Å². The predicted octanol–water partition coefficient (Wildman–Crippen LogP) is 3.90. The summed E-state index contributed by atoms with van der Waals surface area (Å²) in [5.41, 5.74) is 26.7. The van der Waals surface area contributed by atoms with E-state index >= 15 is 0 Å². The Kier molecular flexibility index (Phi) is 6.60. The van der Waals surface area contributed by atoms with Gasteiger partial charge in [0.05, 0.1) is 0 Å². The van der Waals surface area contributed by atoms with Gasteiger partial charge in [-0.1, -0.05) is 36.4 Å². The molecule has 92 valence electrons. The largest absolute Gasteiger partial charge is 2.00 e. The summed E-state index contributed by atoms with van der Waals surface area (Å²) >= 11 is 0. The average Bonchev–Trinajstić information content (AvgIpc) is 2.28. The second-order valence-electron chi connectivity index (χ2n) is 3.17. The van der Waals surface area contributed by atoms with Crippen molar-refractivity contribution in [2.24, 2.45) is 0 Å². The zero-order chi connectivity index (χ0) is 12.0. The van der Waals surface area contributed by atoms with Gasteiger partial charge in [0, 0.05) is 11.4 Å². The minimum Gasteiger partial charge on any atom is -0.697 e. The maximum Gasteiger partial charge on any atom is 2.00 e. The second-order valence-corrected chi connectivity index (χ2v) is 3.17. The maximum atomic E-state index is 7.09. The molecule has 0 aliphatic carbocycles. The number of hydrogen-bond acceptors (Lipinski definition) is 2. The van der Waals surface area contributed by atoms with Gasteiger partial charge in [-0.15, -0.1) is 11.4 Å². The number of anilines is 2. The van der Waals surface area contributed by atoms with E-state index in [1.165, 1.54) is 0 Å². The molecule has 0 unspecified atom stereocenters. The van der Waals surface area contributed by atoms with Crippen molar-refractivity contribution in [3.05, 3.63) is 60.0 Å². The monoisotopic (exact) mass is 272 g/mol. The van der Waals surface area contributed by atoms with Gasteiger partial charge >= 0.3 is 16.5 Å². The molecule has 0 heterocycles. The van der Waals surface area contributed by atoms with Gasteiger partial charge in [-0.2, -0.15) is 0 Å². The normalized spacial score (nSPS) is 8.47. The number of hydrogen-bond donors (Lipinski definition) is 2. The van der Waals surface area contributed by atoms with Crippen molar-refractivity contribution < 1.29 is 16.5 Å². The van der Waals surface area contributed by atoms with Crippen LogP contribution in [-0.2, 0) is 16.5 Å². The molecule has 0 aromatic heterocycles. The SMILES string of the molecule is [NH-]c1ccccc1N.[NH-]c1ccccc1N.[Ni+2]. The Balaban J connectivity index is 0.000000284. The molecule has 0 aliphatic rings. The number of nitrogen functional groups attached to an aromatic ring is 2. The first-order valence-electron chi connectivity index (χ1n) is 4.73. The van der Waals surface area contributed by atoms with Crippen LogP contribution in [0.25, 0.3) is 11.5 Å². The van der Waals surface area contributed by atoms with Gasteiger partial charge < -0.3 is 22.9 Å². The molecule has 2 aromatic carbocycles. The van der Waals surface area contributed by atoms with Crippen LogP contribution < -0.4 is 11.5 Å². The van der Waals surface area contributed by atoms with E-state index in [-0.39, 0.29) is 16.5 Å². The van der Waals surface area contributed by atoms with Crippen molar-refractivity contribution in [3.63, 3.8) is 0 Å². The molecule has 5 heteroatoms. The molecule has 0 atom stereocenters. The van der Waals surface area contributed by atoms with Gasteiger partial charge in [0.2, 0.25) is 0 Å². The summed E-state index contributed by atoms with van der Waals surface area (Å²) in [7, 11) is 0. The van der Waals surface area contributed by atoms with Crippen LogP contribution in [0.2, 0.25) is 0 Å². The number of nitrogens with one attached hydrogen (secondary N) is 2. The van der Waals surface area contributed by atoms with E-state index in [1.54, 1.807) is 36.4 Å². The van der Waals surface area contributed by atoms with Crippen molar-refractivity contribution in [1.82, 2.24) is 0 Å². The van der Waals surface area contributed by atoms with Crippen molar-refractivity contribution in [3.8, 4) is 0 Å². The molecule has 17 heavy (non-hydrogen) atoms. The van der Waals surface area contributed by atoms with Gasteiger partial charge in [0.25, 0.3) is 0 Å². The van der Waals surface area contributed by atoms with Crippen LogP contribution in [0.4, 0.5) is 22.7 Å². The second kappa shape index (κ2) is 7.41. The standard InChI is InChI=1S/2C6H7N2.Ni/c2*7-5-3-1-2-4-6(5)8;/h2*1-4,7H,8H2;/q2*-1;+2. The molecule has 0 fully saturated rings. The molecule has 0 bridgehead atoms. The van der Waals surface area contributed by atoms with E-state index < -0.39 is 0 Å². The first-order valence-corrected chi connectivity index (χ1v) is 4.73. The molecule has 2 rings (SSSR count). The van der Waals surface area contributed by atoms with Crippen molar-refractivity contribution in [2.45, 2.75) is 0 Å². The summed E-state index contributed by atoms with van der Waals surface area (Å²) in [4.78, 5) is 0. The van der Waals surface area contributed by atoms with E-state index in [4.69, 9.17) is 22.9 Å². The molecule has 4 nitrogen and oxygen atoms in total. The molecule has 6 N–H and O–H groups in total. The van der Waals surface area contributed by atoms with E-state index in [0.717, 1.165) is 0 Å². The van der Waals surface area contributed by atoms with Crippen LogP contribution in [0.5, 0.6) is 0 Å². The van der Waals surface area contributed by atoms with Gasteiger partial charge in [0.1, 0.15) is 0 Å². The number of para-hydroxylation sites is 2. The Morgan fingerprint density at radius 2 is 0.941 bits per heavy atom. The first kappa shape index (κ1) is 15.1. The van der Waals surface area contributed by atoms with Crippen LogP contribution >= 0.6 is 0 Å². The summed E-state index contributed by atoms with van der Waals surface area (Å²) in [5.74, 6) is 0. The molecular weight excluding hydrogens is 259 g/mol. The molecule has 0 saturated heterocycles. The van der Waals surface area contributed by atoms with Crippen LogP contribution in [0.15, 0.2) is 48.5 Å². The van der Waals surface area contributed by atoms with Crippen molar-refractivity contribution in [1.29, 1.82) is 0 Å². The molecule has 0 radical (unpaired) electrons. The predicted molar refractivity (Wildman–Crippen MR) is 69.7 cm³/mol. The third-order valence-electron chi connectivity index (χ3n) is 1.92. The Morgan fingerprint density at radius 3 is 1.12 bits per heavy atom. The van der Waals surface area contributed by atoms with Crippen molar-refractivity contribution in [2.75, 3.05) is 11.5 Å². The van der Waals surface area contributed by atoms with E-state index in [9.17, 15) is 0 Å². The molecule has 2 aromatic rings. The molecule has 0 spiro atoms. The number of benzene rings is 2. The summed E-state index contributed by atoms with van der Waals surface area (Å²) in [5, 5.41) is 0. The quantitative estimate of drug-likeness (QED) is 0.561. The van der Waals surface area contributed by atoms with Gasteiger partial charge in [0.15, 0.2) is 0 Å². The molecule has 0 amide bonds. The van der Waals surface area contributed by atoms with Gasteiger partial charge in [-0.25, -0.2) is 0 Å². The van der Waals surface area contributed by atoms with E-state index in [0.29, 0.717) is 22.7 Å². The van der Waals surface area contributed by atoms with Crippen LogP contribution in [-0.4, -0.2) is 0 Å². The summed E-state index contributed by atoms with van der Waals surface area (Å²) in [6, 6.07) is 14.0. The Bertz CT molecular complexity index is 374. The van der Waals surface area contributed by atoms with Crippen LogP contribution in [0.3, 0.4) is 0 Å². The molecular formula is C12H14N4Ni.